The van der Waals surface area contributed by atoms with Crippen LogP contribution >= 0.6 is 0 Å². The lowest BCUT2D eigenvalue weighted by Crippen LogP contribution is -2.15. The molecule has 0 aromatic heterocycles. The van der Waals surface area contributed by atoms with Crippen molar-refractivity contribution < 1.29 is 18.3 Å². The Kier molecular flexibility index (Phi) is 3.99. The lowest BCUT2D eigenvalue weighted by atomic mass is 10.1. The summed E-state index contributed by atoms with van der Waals surface area (Å²) in [4.78, 5) is 11.3. The highest BCUT2D eigenvalue weighted by molar-refractivity contribution is 7.92. The number of aromatic carboxylic acids is 1. The predicted molar refractivity (Wildman–Crippen MR) is 92.9 cm³/mol. The molecule has 2 N–H and O–H groups in total. The first-order chi connectivity index (χ1) is 11.4. The van der Waals surface area contributed by atoms with Gasteiger partial charge >= 0.3 is 5.97 Å². The quantitative estimate of drug-likeness (QED) is 0.759. The summed E-state index contributed by atoms with van der Waals surface area (Å²) in [6, 6.07) is 16.4. The standard InChI is InChI=1S/C18H15NO4S/c1-12-6-7-14-11-15(9-8-13(14)10-12)24(22,23)19-17-5-3-2-4-16(17)18(20)21/h2-11,19H,1H3,(H,20,21). The molecule has 0 bridgehead atoms. The fraction of sp³-hybridized carbons (Fsp3) is 0.0556. The van der Waals surface area contributed by atoms with Crippen LogP contribution < -0.4 is 4.72 Å². The first-order valence-corrected chi connectivity index (χ1v) is 8.71. The van der Waals surface area contributed by atoms with Gasteiger partial charge in [-0.2, -0.15) is 0 Å². The average Bonchev–Trinajstić information content (AvgIpc) is 2.54. The molecule has 3 rings (SSSR count). The number of benzene rings is 3. The minimum atomic E-state index is -3.88. The van der Waals surface area contributed by atoms with Gasteiger partial charge in [0.1, 0.15) is 0 Å². The van der Waals surface area contributed by atoms with Crippen molar-refractivity contribution in [3.63, 3.8) is 0 Å². The van der Waals surface area contributed by atoms with Gasteiger partial charge in [0.2, 0.25) is 0 Å². The van der Waals surface area contributed by atoms with Gasteiger partial charge in [-0.1, -0.05) is 42.0 Å². The van der Waals surface area contributed by atoms with Gasteiger partial charge in [-0.3, -0.25) is 4.72 Å². The fourth-order valence-corrected chi connectivity index (χ4v) is 3.59. The SMILES string of the molecule is Cc1ccc2cc(S(=O)(=O)Nc3ccccc3C(=O)O)ccc2c1. The van der Waals surface area contributed by atoms with Crippen LogP contribution in [-0.4, -0.2) is 19.5 Å². The molecule has 0 aliphatic rings. The Labute approximate surface area is 139 Å². The molecule has 0 aliphatic carbocycles. The molecule has 0 radical (unpaired) electrons. The maximum Gasteiger partial charge on any atom is 0.337 e. The van der Waals surface area contributed by atoms with Crippen LogP contribution in [0.15, 0.2) is 65.6 Å². The molecule has 24 heavy (non-hydrogen) atoms. The number of sulfonamides is 1. The maximum absolute atomic E-state index is 12.6. The molecular formula is C18H15NO4S. The Morgan fingerprint density at radius 2 is 1.62 bits per heavy atom. The third kappa shape index (κ3) is 3.09. The van der Waals surface area contributed by atoms with Crippen molar-refractivity contribution in [2.45, 2.75) is 11.8 Å². The van der Waals surface area contributed by atoms with E-state index in [1.165, 1.54) is 18.2 Å². The number of anilines is 1. The van der Waals surface area contributed by atoms with Crippen LogP contribution in [0.2, 0.25) is 0 Å². The van der Waals surface area contributed by atoms with Crippen molar-refractivity contribution in [1.82, 2.24) is 0 Å². The highest BCUT2D eigenvalue weighted by Crippen LogP contribution is 2.24. The topological polar surface area (TPSA) is 83.5 Å². The number of rotatable bonds is 4. The van der Waals surface area contributed by atoms with Crippen LogP contribution in [0.5, 0.6) is 0 Å². The Morgan fingerprint density at radius 1 is 0.958 bits per heavy atom. The van der Waals surface area contributed by atoms with Crippen molar-refractivity contribution in [2.24, 2.45) is 0 Å². The Bertz CT molecular complexity index is 1040. The van der Waals surface area contributed by atoms with Crippen molar-refractivity contribution in [2.75, 3.05) is 4.72 Å². The fourth-order valence-electron chi connectivity index (χ4n) is 2.47. The summed E-state index contributed by atoms with van der Waals surface area (Å²) in [6.45, 7) is 1.97. The lowest BCUT2D eigenvalue weighted by Gasteiger charge is -2.11. The first-order valence-electron chi connectivity index (χ1n) is 7.22. The van der Waals surface area contributed by atoms with Gasteiger partial charge in [0.05, 0.1) is 16.1 Å². The largest absolute Gasteiger partial charge is 0.478 e. The van der Waals surface area contributed by atoms with Gasteiger partial charge in [-0.05, 0) is 42.0 Å². The zero-order chi connectivity index (χ0) is 17.3. The van der Waals surface area contributed by atoms with Gasteiger partial charge in [0, 0.05) is 0 Å². The van der Waals surface area contributed by atoms with Gasteiger partial charge in [-0.25, -0.2) is 13.2 Å². The summed E-state index contributed by atoms with van der Waals surface area (Å²) in [5, 5.41) is 10.9. The number of aryl methyl sites for hydroxylation is 1. The Hall–Kier alpha value is -2.86. The molecule has 0 heterocycles. The van der Waals surface area contributed by atoms with Gasteiger partial charge in [0.15, 0.2) is 0 Å². The molecule has 0 saturated carbocycles. The lowest BCUT2D eigenvalue weighted by molar-refractivity contribution is 0.0698. The van der Waals surface area contributed by atoms with Crippen molar-refractivity contribution in [3.8, 4) is 0 Å². The molecule has 6 heteroatoms. The molecule has 0 aliphatic heterocycles. The van der Waals surface area contributed by atoms with Crippen LogP contribution in [-0.2, 0) is 10.0 Å². The molecular weight excluding hydrogens is 326 g/mol. The minimum Gasteiger partial charge on any atom is -0.478 e. The van der Waals surface area contributed by atoms with E-state index in [9.17, 15) is 13.2 Å². The Morgan fingerprint density at radius 3 is 2.38 bits per heavy atom. The third-order valence-electron chi connectivity index (χ3n) is 3.68. The highest BCUT2D eigenvalue weighted by Gasteiger charge is 2.18. The molecule has 5 nitrogen and oxygen atoms in total. The number of nitrogens with one attached hydrogen (secondary N) is 1. The Balaban J connectivity index is 2.02. The minimum absolute atomic E-state index is 0.0361. The molecule has 0 fully saturated rings. The molecule has 0 unspecified atom stereocenters. The van der Waals surface area contributed by atoms with E-state index in [1.54, 1.807) is 24.3 Å². The molecule has 0 spiro atoms. The number of carbonyl (C=O) groups is 1. The zero-order valence-corrected chi connectivity index (χ0v) is 13.7. The monoisotopic (exact) mass is 341 g/mol. The van der Waals surface area contributed by atoms with E-state index in [2.05, 4.69) is 4.72 Å². The summed E-state index contributed by atoms with van der Waals surface area (Å²) >= 11 is 0. The number of para-hydroxylation sites is 1. The molecule has 0 amide bonds. The number of carboxylic acids is 1. The van der Waals surface area contributed by atoms with E-state index >= 15 is 0 Å². The van der Waals surface area contributed by atoms with E-state index in [0.29, 0.717) is 0 Å². The highest BCUT2D eigenvalue weighted by atomic mass is 32.2. The van der Waals surface area contributed by atoms with Crippen LogP contribution in [0.1, 0.15) is 15.9 Å². The summed E-state index contributed by atoms with van der Waals surface area (Å²) in [5.41, 5.74) is 1.03. The maximum atomic E-state index is 12.6. The predicted octanol–water partition coefficient (Wildman–Crippen LogP) is 3.65. The van der Waals surface area contributed by atoms with Crippen LogP contribution in [0, 0.1) is 6.92 Å². The number of hydrogen-bond donors (Lipinski definition) is 2. The van der Waals surface area contributed by atoms with E-state index in [1.807, 2.05) is 25.1 Å². The molecule has 122 valence electrons. The van der Waals surface area contributed by atoms with Crippen LogP contribution in [0.4, 0.5) is 5.69 Å². The van der Waals surface area contributed by atoms with E-state index in [-0.39, 0.29) is 16.1 Å². The summed E-state index contributed by atoms with van der Waals surface area (Å²) in [7, 11) is -3.88. The van der Waals surface area contributed by atoms with Crippen LogP contribution in [0.3, 0.4) is 0 Å². The van der Waals surface area contributed by atoms with Gasteiger partial charge in [-0.15, -0.1) is 0 Å². The van der Waals surface area contributed by atoms with Crippen molar-refractivity contribution in [3.05, 3.63) is 71.8 Å². The summed E-state index contributed by atoms with van der Waals surface area (Å²) in [6.07, 6.45) is 0. The molecule has 0 saturated heterocycles. The number of carboxylic acid groups (broad SMARTS) is 1. The number of fused-ring (bicyclic) bond motifs is 1. The molecule has 3 aromatic carbocycles. The third-order valence-corrected chi connectivity index (χ3v) is 5.04. The van der Waals surface area contributed by atoms with Gasteiger partial charge < -0.3 is 5.11 Å². The van der Waals surface area contributed by atoms with Crippen molar-refractivity contribution >= 4 is 32.5 Å². The smallest absolute Gasteiger partial charge is 0.337 e. The summed E-state index contributed by atoms with van der Waals surface area (Å²) < 4.78 is 27.5. The van der Waals surface area contributed by atoms with E-state index in [4.69, 9.17) is 5.11 Å². The first kappa shape index (κ1) is 16.0. The summed E-state index contributed by atoms with van der Waals surface area (Å²) in [5.74, 6) is -1.19. The second-order valence-electron chi connectivity index (χ2n) is 5.47. The van der Waals surface area contributed by atoms with Crippen molar-refractivity contribution in [1.29, 1.82) is 0 Å². The number of hydrogen-bond acceptors (Lipinski definition) is 3. The van der Waals surface area contributed by atoms with Gasteiger partial charge in [0.25, 0.3) is 10.0 Å². The molecule has 3 aromatic rings. The van der Waals surface area contributed by atoms with Crippen LogP contribution in [0.25, 0.3) is 10.8 Å². The zero-order valence-electron chi connectivity index (χ0n) is 12.9. The van der Waals surface area contributed by atoms with E-state index in [0.717, 1.165) is 16.3 Å². The van der Waals surface area contributed by atoms with E-state index < -0.39 is 16.0 Å². The molecule has 0 atom stereocenters. The second-order valence-corrected chi connectivity index (χ2v) is 7.15. The second kappa shape index (κ2) is 5.98. The average molecular weight is 341 g/mol. The normalized spacial score (nSPS) is 11.4.